The standard InChI is InChI=1S/C75H103N9O21/c1-15-16-26-33-88-70-44(6)64(92-34-53-27-20-17-21-28-53)67(47(9)95-70)104-74-60(80-83-77)42(4)62(57(99-74)38-90-51(13)86)102-72-46(8)66(94-36-55-31-24-19-25-32-55)69(49(11)97-72)105-75-61(81-84-78)43(5)63(58(100-75)39-91-52(14)87)101-71-45(7)65(93-35-54-29-22-18-23-30-54)68(48(10)96-71)103-73-59(79-82-76)41(3)40(2)56(98-73)37-89-50(12)85/h1,17-25,27-32,40-49,56-75H,16,26,33-39H2,2-14H3/t40-,41-,42+,43+,44?,45?,46?,47?,48?,49?,56?,57?,58?,59?,60?,61?,62-,63-,64-,65-,66-,67+,68?,69+,70+,71-,72-,73-,74-,75-/m0/s1. The number of hydrogen-bond acceptors (Lipinski definition) is 24. The number of ether oxygens (including phenoxy) is 18. The molecule has 0 spiro atoms. The Bertz CT molecular complexity index is 3430. The van der Waals surface area contributed by atoms with Crippen LogP contribution in [0, 0.1) is 53.8 Å². The van der Waals surface area contributed by atoms with Gasteiger partial charge < -0.3 is 85.3 Å². The number of carbonyl (C=O) groups is 3. The molecule has 3 aromatic rings. The topological polar surface area (TPSA) is 364 Å². The van der Waals surface area contributed by atoms with Crippen molar-refractivity contribution in [1.29, 1.82) is 0 Å². The van der Waals surface area contributed by atoms with Gasteiger partial charge in [-0.05, 0) is 84.1 Å². The molecule has 574 valence electrons. The zero-order chi connectivity index (χ0) is 75.4. The highest BCUT2D eigenvalue weighted by atomic mass is 16.8. The van der Waals surface area contributed by atoms with Gasteiger partial charge in [0.25, 0.3) is 0 Å². The summed E-state index contributed by atoms with van der Waals surface area (Å²) in [6, 6.07) is 25.8. The number of terminal acetylenes is 1. The van der Waals surface area contributed by atoms with E-state index < -0.39 is 183 Å². The third-order valence-electron chi connectivity index (χ3n) is 20.8. The number of hydrogen-bond donors (Lipinski definition) is 0. The third kappa shape index (κ3) is 21.4. The summed E-state index contributed by atoms with van der Waals surface area (Å²) < 4.78 is 119. The fraction of sp³-hybridized carbons (Fsp3) is 0.693. The van der Waals surface area contributed by atoms with Crippen LogP contribution in [0.1, 0.15) is 120 Å². The predicted molar refractivity (Wildman–Crippen MR) is 375 cm³/mol. The van der Waals surface area contributed by atoms with Gasteiger partial charge in [0.2, 0.25) is 0 Å². The number of rotatable bonds is 32. The molecule has 0 N–H and O–H groups in total. The first-order valence-electron chi connectivity index (χ1n) is 36.3. The van der Waals surface area contributed by atoms with Crippen molar-refractivity contribution >= 4 is 17.9 Å². The lowest BCUT2D eigenvalue weighted by Gasteiger charge is -2.52. The Hall–Kier alpha value is -7.04. The molecule has 0 radical (unpaired) electrons. The highest BCUT2D eigenvalue weighted by Gasteiger charge is 2.57. The molecule has 0 saturated carbocycles. The summed E-state index contributed by atoms with van der Waals surface area (Å²) in [5.74, 6) is -2.64. The molecule has 0 aromatic heterocycles. The van der Waals surface area contributed by atoms with Crippen LogP contribution in [0.3, 0.4) is 0 Å². The maximum Gasteiger partial charge on any atom is 0.302 e. The molecule has 3 aromatic carbocycles. The summed E-state index contributed by atoms with van der Waals surface area (Å²) in [5.41, 5.74) is 33.1. The smallest absolute Gasteiger partial charge is 0.302 e. The van der Waals surface area contributed by atoms with Crippen LogP contribution in [-0.4, -0.2) is 186 Å². The van der Waals surface area contributed by atoms with Crippen molar-refractivity contribution in [3.8, 4) is 12.3 Å². The third-order valence-corrected chi connectivity index (χ3v) is 20.8. The van der Waals surface area contributed by atoms with Crippen molar-refractivity contribution in [1.82, 2.24) is 0 Å². The van der Waals surface area contributed by atoms with Crippen LogP contribution in [0.15, 0.2) is 106 Å². The zero-order valence-electron chi connectivity index (χ0n) is 62.0. The van der Waals surface area contributed by atoms with E-state index in [2.05, 4.69) is 36.0 Å². The fourth-order valence-corrected chi connectivity index (χ4v) is 14.6. The van der Waals surface area contributed by atoms with E-state index in [-0.39, 0.29) is 57.4 Å². The summed E-state index contributed by atoms with van der Waals surface area (Å²) in [4.78, 5) is 47.2. The van der Waals surface area contributed by atoms with Gasteiger partial charge in [0.1, 0.15) is 50.3 Å². The van der Waals surface area contributed by atoms with E-state index in [1.165, 1.54) is 20.8 Å². The van der Waals surface area contributed by atoms with Gasteiger partial charge in [-0.15, -0.1) is 12.3 Å². The summed E-state index contributed by atoms with van der Waals surface area (Å²) in [6.07, 6.45) is -11.8. The fourth-order valence-electron chi connectivity index (χ4n) is 14.6. The van der Waals surface area contributed by atoms with Crippen LogP contribution in [-0.2, 0) is 119 Å². The highest BCUT2D eigenvalue weighted by molar-refractivity contribution is 5.66. The molecule has 30 atom stereocenters. The Labute approximate surface area is 613 Å². The molecule has 105 heavy (non-hydrogen) atoms. The van der Waals surface area contributed by atoms with Crippen LogP contribution in [0.4, 0.5) is 0 Å². The number of nitrogens with zero attached hydrogens (tertiary/aromatic N) is 9. The molecule has 6 aliphatic rings. The summed E-state index contributed by atoms with van der Waals surface area (Å²) >= 11 is 0. The normalized spacial score (nSPS) is 37.6. The van der Waals surface area contributed by atoms with E-state index in [0.29, 0.717) is 19.4 Å². The molecule has 6 fully saturated rings. The molecule has 0 aliphatic carbocycles. The van der Waals surface area contributed by atoms with Gasteiger partial charge >= 0.3 is 17.9 Å². The summed E-state index contributed by atoms with van der Waals surface area (Å²) in [5, 5.41) is 12.7. The Kier molecular flexibility index (Phi) is 31.0. The molecule has 0 bridgehead atoms. The Morgan fingerprint density at radius 1 is 0.390 bits per heavy atom. The minimum Gasteiger partial charge on any atom is -0.463 e. The van der Waals surface area contributed by atoms with E-state index in [1.807, 2.05) is 146 Å². The van der Waals surface area contributed by atoms with E-state index in [1.54, 1.807) is 13.8 Å². The van der Waals surface area contributed by atoms with Crippen molar-refractivity contribution in [3.63, 3.8) is 0 Å². The first-order chi connectivity index (χ1) is 50.5. The Morgan fingerprint density at radius 3 is 1.05 bits per heavy atom. The van der Waals surface area contributed by atoms with E-state index in [0.717, 1.165) is 16.7 Å². The molecular formula is C75H103N9O21. The quantitative estimate of drug-likeness (QED) is 0.0107. The van der Waals surface area contributed by atoms with Crippen molar-refractivity contribution in [2.24, 2.45) is 56.8 Å². The lowest BCUT2D eigenvalue weighted by atomic mass is 9.82. The second-order valence-electron chi connectivity index (χ2n) is 28.2. The second-order valence-corrected chi connectivity index (χ2v) is 28.2. The maximum atomic E-state index is 12.8. The van der Waals surface area contributed by atoms with Gasteiger partial charge in [0.05, 0.1) is 99.5 Å². The molecule has 30 nitrogen and oxygen atoms in total. The van der Waals surface area contributed by atoms with Crippen molar-refractivity contribution in [2.45, 2.75) is 264 Å². The lowest BCUT2D eigenvalue weighted by molar-refractivity contribution is -0.370. The van der Waals surface area contributed by atoms with Gasteiger partial charge in [0.15, 0.2) is 37.7 Å². The SMILES string of the molecule is C#CCCCO[C@@H]1OC(C)[C@@H](O[C@@H]2OC(COC(C)=O)[C@@H](O[C@@H]3OC(C)[C@@H](O[C@@H]4OC(COC(C)=O)[C@@H](O[C@@H]5OC(C)C(O[C@@H]6OC(COC(C)=O)[C@@H](C)[C@H](C)C6N=[N+]=[N-])[C@@H](OCc6ccccc6)C5C)[C@H](C)C4N=[N+]=[N-])[C@@H](OCc4ccccc4)C3C)[C@H](C)C2N=[N+]=[N-])[C@@H](OCc2ccccc2)C1C. The van der Waals surface area contributed by atoms with E-state index >= 15 is 0 Å². The lowest BCUT2D eigenvalue weighted by Crippen LogP contribution is -2.64. The minimum atomic E-state index is -1.35. The Balaban J connectivity index is 0.967. The highest BCUT2D eigenvalue weighted by Crippen LogP contribution is 2.44. The van der Waals surface area contributed by atoms with Gasteiger partial charge in [-0.25, -0.2) is 0 Å². The average Bonchev–Trinajstić information content (AvgIpc) is 0.769. The molecular weight excluding hydrogens is 1360 g/mol. The van der Waals surface area contributed by atoms with Gasteiger partial charge in [-0.1, -0.05) is 155 Å². The first kappa shape index (κ1) is 82.0. The molecule has 0 amide bonds. The predicted octanol–water partition coefficient (Wildman–Crippen LogP) is 11.7. The van der Waals surface area contributed by atoms with Crippen LogP contribution in [0.5, 0.6) is 0 Å². The first-order valence-corrected chi connectivity index (χ1v) is 36.3. The van der Waals surface area contributed by atoms with Gasteiger partial charge in [-0.3, -0.25) is 14.4 Å². The molecule has 6 aliphatic heterocycles. The van der Waals surface area contributed by atoms with Gasteiger partial charge in [-0.2, -0.15) is 0 Å². The van der Waals surface area contributed by atoms with Crippen molar-refractivity contribution in [2.75, 3.05) is 26.4 Å². The number of carbonyl (C=O) groups excluding carboxylic acids is 3. The van der Waals surface area contributed by atoms with Crippen molar-refractivity contribution < 1.29 is 99.6 Å². The maximum absolute atomic E-state index is 12.8. The monoisotopic (exact) mass is 1470 g/mol. The molecule has 6 heterocycles. The molecule has 30 heteroatoms. The van der Waals surface area contributed by atoms with Gasteiger partial charge in [0, 0.05) is 59.7 Å². The number of azide groups is 3. The zero-order valence-corrected chi connectivity index (χ0v) is 62.0. The van der Waals surface area contributed by atoms with Crippen molar-refractivity contribution in [3.05, 3.63) is 139 Å². The summed E-state index contributed by atoms with van der Waals surface area (Å²) in [7, 11) is 0. The number of unbranched alkanes of at least 4 members (excludes halogenated alkanes) is 1. The second kappa shape index (κ2) is 39.7. The largest absolute Gasteiger partial charge is 0.463 e. The van der Waals surface area contributed by atoms with E-state index in [4.69, 9.17) is 91.7 Å². The van der Waals surface area contributed by atoms with Crippen LogP contribution < -0.4 is 0 Å². The average molecular weight is 1470 g/mol. The number of esters is 3. The Morgan fingerprint density at radius 2 is 0.705 bits per heavy atom. The van der Waals surface area contributed by atoms with Crippen LogP contribution >= 0.6 is 0 Å². The van der Waals surface area contributed by atoms with Crippen LogP contribution in [0.25, 0.3) is 31.3 Å². The van der Waals surface area contributed by atoms with E-state index in [9.17, 15) is 31.0 Å². The number of benzene rings is 3. The minimum absolute atomic E-state index is 0.0533. The van der Waals surface area contributed by atoms with Crippen LogP contribution in [0.2, 0.25) is 0 Å². The molecule has 13 unspecified atom stereocenters. The summed E-state index contributed by atoms with van der Waals surface area (Å²) in [6.45, 7) is 22.7. The molecule has 6 saturated heterocycles. The molecule has 9 rings (SSSR count).